The molecule has 1 amide bonds. The lowest BCUT2D eigenvalue weighted by molar-refractivity contribution is -0.422. The van der Waals surface area contributed by atoms with E-state index >= 15 is 0 Å². The van der Waals surface area contributed by atoms with Crippen LogP contribution in [0.3, 0.4) is 0 Å². The van der Waals surface area contributed by atoms with Crippen molar-refractivity contribution in [1.82, 2.24) is 9.97 Å². The average molecular weight is 797 g/mol. The molecule has 0 radical (unpaired) electrons. The fourth-order valence-corrected chi connectivity index (χ4v) is 9.57. The SMILES string of the molecule is NC1CCCC1(c1ccccc1)C1C=CC2(C(=O)O)C1c1cc(O)c(OC3(O)OC(CO)C(O)C(O)C3O)cc1N2C(=O)C=Cc1ccc(O)c(Cc2cnc[nH]2)c1. The number of hydrogen-bond acceptors (Lipinski definition) is 13. The lowest BCUT2D eigenvalue weighted by Crippen LogP contribution is -2.67. The highest BCUT2D eigenvalue weighted by Crippen LogP contribution is 2.64. The number of carboxylic acids is 1. The van der Waals surface area contributed by atoms with Crippen molar-refractivity contribution in [3.05, 3.63) is 119 Å². The van der Waals surface area contributed by atoms with Crippen molar-refractivity contribution in [2.75, 3.05) is 11.5 Å². The molecule has 4 aliphatic rings. The number of aliphatic hydroxyl groups excluding tert-OH is 4. The van der Waals surface area contributed by atoms with Crippen molar-refractivity contribution < 1.29 is 59.9 Å². The van der Waals surface area contributed by atoms with Gasteiger partial charge in [0.15, 0.2) is 23.1 Å². The Kier molecular flexibility index (Phi) is 9.92. The number of aliphatic hydroxyl groups is 5. The number of phenols is 2. The number of hydrogen-bond donors (Lipinski definition) is 10. The maximum atomic E-state index is 14.7. The van der Waals surface area contributed by atoms with Gasteiger partial charge in [0.1, 0.15) is 24.1 Å². The van der Waals surface area contributed by atoms with Crippen molar-refractivity contribution in [3.8, 4) is 17.2 Å². The summed E-state index contributed by atoms with van der Waals surface area (Å²) in [6.07, 6.45) is 3.62. The predicted octanol–water partition coefficient (Wildman–Crippen LogP) is 1.51. The van der Waals surface area contributed by atoms with E-state index in [1.54, 1.807) is 24.4 Å². The number of imidazole rings is 1. The number of carboxylic acid groups (broad SMARTS) is 1. The lowest BCUT2D eigenvalue weighted by atomic mass is 9.61. The van der Waals surface area contributed by atoms with Gasteiger partial charge in [-0.15, -0.1) is 0 Å². The number of H-pyrrole nitrogens is 1. The summed E-state index contributed by atoms with van der Waals surface area (Å²) in [5.74, 6) is -8.10. The third-order valence-electron chi connectivity index (χ3n) is 12.3. The van der Waals surface area contributed by atoms with Crippen molar-refractivity contribution in [2.24, 2.45) is 11.7 Å². The molecule has 4 aromatic rings. The largest absolute Gasteiger partial charge is 0.508 e. The number of nitrogens with one attached hydrogen (secondary N) is 1. The smallest absolute Gasteiger partial charge is 0.355 e. The summed E-state index contributed by atoms with van der Waals surface area (Å²) in [4.78, 5) is 36.7. The van der Waals surface area contributed by atoms with E-state index in [1.165, 1.54) is 36.7 Å². The molecule has 8 rings (SSSR count). The molecular formula is C42H44N4O12. The molecule has 2 aliphatic heterocycles. The van der Waals surface area contributed by atoms with Gasteiger partial charge < -0.3 is 61.0 Å². The second kappa shape index (κ2) is 14.7. The van der Waals surface area contributed by atoms with E-state index in [0.29, 0.717) is 30.4 Å². The fraction of sp³-hybridized carbons (Fsp3) is 0.357. The number of fused-ring (bicyclic) bond motifs is 3. The number of aromatic hydroxyl groups is 2. The summed E-state index contributed by atoms with van der Waals surface area (Å²) in [5, 5.41) is 85.9. The average Bonchev–Trinajstić information content (AvgIpc) is 4.01. The third-order valence-corrected chi connectivity index (χ3v) is 12.3. The van der Waals surface area contributed by atoms with Crippen LogP contribution in [0.2, 0.25) is 0 Å². The third kappa shape index (κ3) is 6.07. The molecule has 1 saturated heterocycles. The molecule has 10 atom stereocenters. The highest BCUT2D eigenvalue weighted by molar-refractivity contribution is 6.13. The number of carbonyl (C=O) groups excluding carboxylic acids is 1. The van der Waals surface area contributed by atoms with Crippen LogP contribution in [0.1, 0.15) is 53.1 Å². The lowest BCUT2D eigenvalue weighted by Gasteiger charge is -2.44. The molecule has 3 aromatic carbocycles. The Bertz CT molecular complexity index is 2270. The summed E-state index contributed by atoms with van der Waals surface area (Å²) in [5.41, 5.74) is 7.05. The Morgan fingerprint density at radius 3 is 2.50 bits per heavy atom. The van der Waals surface area contributed by atoms with E-state index in [9.17, 15) is 50.4 Å². The summed E-state index contributed by atoms with van der Waals surface area (Å²) in [7, 11) is 0. The van der Waals surface area contributed by atoms with Crippen molar-refractivity contribution in [2.45, 2.75) is 79.0 Å². The van der Waals surface area contributed by atoms with Gasteiger partial charge in [-0.1, -0.05) is 55.0 Å². The van der Waals surface area contributed by atoms with E-state index < -0.39 is 89.2 Å². The number of allylic oxidation sites excluding steroid dienone is 1. The molecular weight excluding hydrogens is 752 g/mol. The van der Waals surface area contributed by atoms with Crippen LogP contribution in [0.5, 0.6) is 17.2 Å². The van der Waals surface area contributed by atoms with Crippen LogP contribution < -0.4 is 15.4 Å². The van der Waals surface area contributed by atoms with Crippen LogP contribution in [0.4, 0.5) is 5.69 Å². The number of nitrogens with two attached hydrogens (primary N) is 1. The molecule has 16 heteroatoms. The molecule has 2 aliphatic carbocycles. The first kappa shape index (κ1) is 39.2. The monoisotopic (exact) mass is 796 g/mol. The van der Waals surface area contributed by atoms with E-state index in [1.807, 2.05) is 30.3 Å². The van der Waals surface area contributed by atoms with Gasteiger partial charge in [0.05, 0.1) is 18.6 Å². The first-order valence-electron chi connectivity index (χ1n) is 18.9. The number of ether oxygens (including phenoxy) is 2. The van der Waals surface area contributed by atoms with Crippen LogP contribution in [-0.4, -0.2) is 111 Å². The molecule has 1 saturated carbocycles. The molecule has 1 aromatic heterocycles. The summed E-state index contributed by atoms with van der Waals surface area (Å²) in [6, 6.07) is 16.3. The molecule has 0 spiro atoms. The number of aliphatic carboxylic acids is 1. The maximum Gasteiger partial charge on any atom is 0.355 e. The van der Waals surface area contributed by atoms with Crippen LogP contribution in [0.15, 0.2) is 91.4 Å². The van der Waals surface area contributed by atoms with Crippen LogP contribution >= 0.6 is 0 Å². The molecule has 304 valence electrons. The van der Waals surface area contributed by atoms with Crippen molar-refractivity contribution in [1.29, 1.82) is 0 Å². The van der Waals surface area contributed by atoms with E-state index in [4.69, 9.17) is 15.2 Å². The van der Waals surface area contributed by atoms with E-state index in [0.717, 1.165) is 28.6 Å². The molecule has 58 heavy (non-hydrogen) atoms. The number of amides is 1. The van der Waals surface area contributed by atoms with Crippen molar-refractivity contribution in [3.63, 3.8) is 0 Å². The molecule has 10 unspecified atom stereocenters. The highest BCUT2D eigenvalue weighted by Gasteiger charge is 2.67. The number of carbonyl (C=O) groups is 2. The summed E-state index contributed by atoms with van der Waals surface area (Å²) in [6.45, 7) is -0.894. The molecule has 0 bridgehead atoms. The summed E-state index contributed by atoms with van der Waals surface area (Å²) >= 11 is 0. The number of anilines is 1. The number of benzene rings is 3. The van der Waals surface area contributed by atoms with Crippen LogP contribution in [0.25, 0.3) is 6.08 Å². The topological polar surface area (TPSA) is 272 Å². The molecule has 16 nitrogen and oxygen atoms in total. The van der Waals surface area contributed by atoms with Crippen LogP contribution in [0, 0.1) is 5.92 Å². The first-order valence-corrected chi connectivity index (χ1v) is 18.9. The molecule has 11 N–H and O–H groups in total. The van der Waals surface area contributed by atoms with Gasteiger partial charge in [-0.2, -0.15) is 0 Å². The standard InChI is InChI=1S/C42H44N4O12/c43-33-7-4-13-40(33,24-5-2-1-3-6-24)27-12-14-41(39(54)55)35(27)26-17-30(49)31(57-42(56)38(53)37(52)36(51)32(20-47)58-42)18-28(26)46(41)34(50)11-9-22-8-10-29(48)23(15-22)16-25-19-44-21-45-25/h1-3,5-6,8-12,14-15,17-19,21,27,32-33,35-38,47-49,51-53,56H,4,7,13,16,20,43H2,(H,44,45)(H,54,55). The van der Waals surface area contributed by atoms with E-state index in [2.05, 4.69) is 9.97 Å². The van der Waals surface area contributed by atoms with Gasteiger partial charge in [-0.3, -0.25) is 9.69 Å². The zero-order valence-electron chi connectivity index (χ0n) is 31.0. The van der Waals surface area contributed by atoms with Crippen molar-refractivity contribution >= 4 is 23.6 Å². The second-order valence-corrected chi connectivity index (χ2v) is 15.4. The van der Waals surface area contributed by atoms with Gasteiger partial charge in [0, 0.05) is 53.4 Å². The number of aromatic nitrogens is 2. The quantitative estimate of drug-likeness (QED) is 0.0620. The number of aromatic amines is 1. The van der Waals surface area contributed by atoms with Gasteiger partial charge in [-0.05, 0) is 59.7 Å². The Hall–Kier alpha value is -5.59. The van der Waals surface area contributed by atoms with E-state index in [-0.39, 0.29) is 17.0 Å². The first-order chi connectivity index (χ1) is 27.7. The number of rotatable bonds is 10. The van der Waals surface area contributed by atoms with Gasteiger partial charge in [0.2, 0.25) is 0 Å². The predicted molar refractivity (Wildman–Crippen MR) is 205 cm³/mol. The Labute approximate surface area is 331 Å². The van der Waals surface area contributed by atoms with Crippen LogP contribution in [-0.2, 0) is 26.2 Å². The maximum absolute atomic E-state index is 14.7. The number of phenolic OH excluding ortho intramolecular Hbond substituents is 2. The molecule has 3 heterocycles. The fourth-order valence-electron chi connectivity index (χ4n) is 9.57. The zero-order chi connectivity index (χ0) is 41.1. The number of nitrogens with zero attached hydrogens (tertiary/aromatic N) is 2. The van der Waals surface area contributed by atoms with Gasteiger partial charge in [-0.25, -0.2) is 9.78 Å². The normalized spacial score (nSPS) is 32.7. The zero-order valence-corrected chi connectivity index (χ0v) is 31.0. The highest BCUT2D eigenvalue weighted by atomic mass is 16.8. The minimum atomic E-state index is -3.13. The Morgan fingerprint density at radius 2 is 1.83 bits per heavy atom. The minimum Gasteiger partial charge on any atom is -0.508 e. The van der Waals surface area contributed by atoms with Gasteiger partial charge >= 0.3 is 11.9 Å². The minimum absolute atomic E-state index is 0.0159. The Morgan fingerprint density at radius 1 is 1.05 bits per heavy atom. The van der Waals surface area contributed by atoms with Gasteiger partial charge in [0.25, 0.3) is 5.91 Å². The second-order valence-electron chi connectivity index (χ2n) is 15.4. The molecule has 2 fully saturated rings. The Balaban J connectivity index is 1.25. The summed E-state index contributed by atoms with van der Waals surface area (Å²) < 4.78 is 10.9.